The summed E-state index contributed by atoms with van der Waals surface area (Å²) in [6.45, 7) is 4.27. The highest BCUT2D eigenvalue weighted by Gasteiger charge is 2.26. The fraction of sp³-hybridized carbons (Fsp3) is 0.240. The van der Waals surface area contributed by atoms with E-state index in [4.69, 9.17) is 21.1 Å². The van der Waals surface area contributed by atoms with Gasteiger partial charge in [0.2, 0.25) is 12.7 Å². The van der Waals surface area contributed by atoms with Crippen molar-refractivity contribution in [3.05, 3.63) is 82.4 Å². The minimum atomic E-state index is -3.91. The molecule has 0 aromatic heterocycles. The number of ether oxygens (including phenoxy) is 2. The summed E-state index contributed by atoms with van der Waals surface area (Å²) in [5.74, 6) is 1.05. The van der Waals surface area contributed by atoms with Gasteiger partial charge in [0, 0.05) is 24.5 Å². The van der Waals surface area contributed by atoms with Crippen molar-refractivity contribution in [1.29, 1.82) is 0 Å². The maximum Gasteiger partial charge on any atom is 0.264 e. The molecule has 34 heavy (non-hydrogen) atoms. The number of fused-ring (bicyclic) bond motifs is 1. The summed E-state index contributed by atoms with van der Waals surface area (Å²) in [5.41, 5.74) is 3.23. The van der Waals surface area contributed by atoms with Crippen molar-refractivity contribution in [2.75, 3.05) is 17.6 Å². The number of hydrogen-bond acceptors (Lipinski definition) is 5. The van der Waals surface area contributed by atoms with Crippen LogP contribution in [0.4, 0.5) is 5.69 Å². The Balaban J connectivity index is 1.50. The van der Waals surface area contributed by atoms with E-state index in [0.717, 1.165) is 16.7 Å². The van der Waals surface area contributed by atoms with Gasteiger partial charge in [-0.15, -0.1) is 0 Å². The fourth-order valence-corrected chi connectivity index (χ4v) is 5.33. The highest BCUT2D eigenvalue weighted by atomic mass is 35.5. The van der Waals surface area contributed by atoms with Crippen molar-refractivity contribution in [2.45, 2.75) is 31.7 Å². The van der Waals surface area contributed by atoms with Gasteiger partial charge in [-0.3, -0.25) is 9.10 Å². The lowest BCUT2D eigenvalue weighted by Crippen LogP contribution is -2.35. The van der Waals surface area contributed by atoms with Crippen molar-refractivity contribution in [2.24, 2.45) is 0 Å². The number of anilines is 1. The molecule has 0 saturated carbocycles. The maximum atomic E-state index is 13.5. The molecular weight excluding hydrogens is 476 g/mol. The van der Waals surface area contributed by atoms with Crippen molar-refractivity contribution in [1.82, 2.24) is 5.32 Å². The highest BCUT2D eigenvalue weighted by molar-refractivity contribution is 7.92. The largest absolute Gasteiger partial charge is 0.454 e. The molecule has 0 saturated heterocycles. The normalized spacial score (nSPS) is 12.4. The first-order valence-corrected chi connectivity index (χ1v) is 12.6. The van der Waals surface area contributed by atoms with Crippen LogP contribution in [-0.4, -0.2) is 27.7 Å². The monoisotopic (exact) mass is 500 g/mol. The zero-order valence-corrected chi connectivity index (χ0v) is 20.4. The number of benzene rings is 3. The Morgan fingerprint density at radius 1 is 0.971 bits per heavy atom. The Kier molecular flexibility index (Phi) is 7.00. The third-order valence-electron chi connectivity index (χ3n) is 5.36. The number of hydrogen-bond donors (Lipinski definition) is 1. The van der Waals surface area contributed by atoms with Gasteiger partial charge in [0.05, 0.1) is 10.6 Å². The molecule has 0 spiro atoms. The van der Waals surface area contributed by atoms with E-state index in [1.165, 1.54) is 28.6 Å². The third kappa shape index (κ3) is 5.46. The van der Waals surface area contributed by atoms with Crippen LogP contribution in [-0.2, 0) is 21.4 Å². The Labute approximate surface area is 204 Å². The van der Waals surface area contributed by atoms with Gasteiger partial charge in [0.25, 0.3) is 10.0 Å². The molecule has 4 rings (SSSR count). The minimum Gasteiger partial charge on any atom is -0.454 e. The molecule has 3 aromatic rings. The summed E-state index contributed by atoms with van der Waals surface area (Å²) in [6, 6.07) is 17.0. The van der Waals surface area contributed by atoms with Crippen molar-refractivity contribution in [3.8, 4) is 11.5 Å². The molecule has 9 heteroatoms. The number of halogens is 1. The average Bonchev–Trinajstić information content (AvgIpc) is 3.25. The van der Waals surface area contributed by atoms with E-state index in [0.29, 0.717) is 28.8 Å². The number of nitrogens with one attached hydrogen (secondary N) is 1. The summed E-state index contributed by atoms with van der Waals surface area (Å²) in [6.07, 6.45) is -0.00956. The SMILES string of the molecule is Cc1cc(C)cc(N(CCC(=O)NCc2ccc3c(c2)OCO3)S(=O)(=O)c2ccc(Cl)cc2)c1. The van der Waals surface area contributed by atoms with Crippen LogP contribution < -0.4 is 19.1 Å². The van der Waals surface area contributed by atoms with Crippen LogP contribution in [0.3, 0.4) is 0 Å². The Hall–Kier alpha value is -3.23. The Morgan fingerprint density at radius 2 is 1.65 bits per heavy atom. The fourth-order valence-electron chi connectivity index (χ4n) is 3.76. The molecule has 0 fully saturated rings. The van der Waals surface area contributed by atoms with Gasteiger partial charge >= 0.3 is 0 Å². The smallest absolute Gasteiger partial charge is 0.264 e. The number of carbonyl (C=O) groups excluding carboxylic acids is 1. The van der Waals surface area contributed by atoms with Crippen LogP contribution in [0.15, 0.2) is 65.6 Å². The molecule has 0 bridgehead atoms. The van der Waals surface area contributed by atoms with E-state index < -0.39 is 10.0 Å². The molecule has 3 aromatic carbocycles. The van der Waals surface area contributed by atoms with Gasteiger partial charge < -0.3 is 14.8 Å². The molecule has 178 valence electrons. The van der Waals surface area contributed by atoms with E-state index in [1.54, 1.807) is 18.2 Å². The van der Waals surface area contributed by atoms with Crippen LogP contribution in [0, 0.1) is 13.8 Å². The molecule has 1 amide bonds. The molecule has 0 atom stereocenters. The van der Waals surface area contributed by atoms with Gasteiger partial charge in [-0.1, -0.05) is 23.7 Å². The summed E-state index contributed by atoms with van der Waals surface area (Å²) < 4.78 is 38.9. The van der Waals surface area contributed by atoms with E-state index in [9.17, 15) is 13.2 Å². The quantitative estimate of drug-likeness (QED) is 0.489. The summed E-state index contributed by atoms with van der Waals surface area (Å²) in [4.78, 5) is 12.7. The molecule has 0 unspecified atom stereocenters. The van der Waals surface area contributed by atoms with Crippen LogP contribution in [0.2, 0.25) is 5.02 Å². The van der Waals surface area contributed by atoms with Gasteiger partial charge in [-0.05, 0) is 79.1 Å². The summed E-state index contributed by atoms with van der Waals surface area (Å²) >= 11 is 5.94. The highest BCUT2D eigenvalue weighted by Crippen LogP contribution is 2.32. The number of nitrogens with zero attached hydrogens (tertiary/aromatic N) is 1. The standard InChI is InChI=1S/C25H25ClN2O5S/c1-17-11-18(2)13-21(12-17)28(34(30,31)22-6-4-20(26)5-7-22)10-9-25(29)27-15-19-3-8-23-24(14-19)33-16-32-23/h3-8,11-14H,9-10,15-16H2,1-2H3,(H,27,29). The first-order valence-electron chi connectivity index (χ1n) is 10.7. The number of rotatable bonds is 8. The van der Waals surface area contributed by atoms with Crippen molar-refractivity contribution >= 4 is 33.2 Å². The molecule has 0 radical (unpaired) electrons. The predicted octanol–water partition coefficient (Wildman–Crippen LogP) is 4.59. The van der Waals surface area contributed by atoms with Crippen LogP contribution in [0.1, 0.15) is 23.1 Å². The number of amides is 1. The lowest BCUT2D eigenvalue weighted by molar-refractivity contribution is -0.121. The zero-order valence-electron chi connectivity index (χ0n) is 18.9. The van der Waals surface area contributed by atoms with Crippen molar-refractivity contribution < 1.29 is 22.7 Å². The molecule has 1 aliphatic rings. The van der Waals surface area contributed by atoms with Crippen LogP contribution in [0.5, 0.6) is 11.5 Å². The molecule has 1 heterocycles. The molecule has 0 aliphatic carbocycles. The lowest BCUT2D eigenvalue weighted by Gasteiger charge is -2.25. The van der Waals surface area contributed by atoms with Gasteiger partial charge in [0.1, 0.15) is 0 Å². The maximum absolute atomic E-state index is 13.5. The second-order valence-electron chi connectivity index (χ2n) is 8.09. The topological polar surface area (TPSA) is 84.9 Å². The predicted molar refractivity (Wildman–Crippen MR) is 131 cm³/mol. The van der Waals surface area contributed by atoms with Gasteiger partial charge in [-0.25, -0.2) is 8.42 Å². The van der Waals surface area contributed by atoms with E-state index in [-0.39, 0.29) is 30.6 Å². The van der Waals surface area contributed by atoms with E-state index in [2.05, 4.69) is 5.32 Å². The molecular formula is C25H25ClN2O5S. The van der Waals surface area contributed by atoms with Crippen LogP contribution >= 0.6 is 11.6 Å². The van der Waals surface area contributed by atoms with Crippen molar-refractivity contribution in [3.63, 3.8) is 0 Å². The minimum absolute atomic E-state index is 0.00956. The zero-order chi connectivity index (χ0) is 24.3. The summed E-state index contributed by atoms with van der Waals surface area (Å²) in [7, 11) is -3.91. The molecule has 1 aliphatic heterocycles. The first kappa shape index (κ1) is 23.9. The number of sulfonamides is 1. The third-order valence-corrected chi connectivity index (χ3v) is 7.46. The van der Waals surface area contributed by atoms with E-state index >= 15 is 0 Å². The second kappa shape index (κ2) is 9.95. The number of carbonyl (C=O) groups is 1. The first-order chi connectivity index (χ1) is 16.2. The van der Waals surface area contributed by atoms with Gasteiger partial charge in [0.15, 0.2) is 11.5 Å². The summed E-state index contributed by atoms with van der Waals surface area (Å²) in [5, 5.41) is 3.29. The number of aryl methyl sites for hydroxylation is 2. The second-order valence-corrected chi connectivity index (χ2v) is 10.4. The van der Waals surface area contributed by atoms with Gasteiger partial charge in [-0.2, -0.15) is 0 Å². The molecule has 7 nitrogen and oxygen atoms in total. The van der Waals surface area contributed by atoms with E-state index in [1.807, 2.05) is 32.0 Å². The molecule has 1 N–H and O–H groups in total. The van der Waals surface area contributed by atoms with Crippen LogP contribution in [0.25, 0.3) is 0 Å². The Bertz CT molecular complexity index is 1290. The lowest BCUT2D eigenvalue weighted by atomic mass is 10.1. The Morgan fingerprint density at radius 3 is 2.35 bits per heavy atom. The average molecular weight is 501 g/mol.